The first-order chi connectivity index (χ1) is 9.65. The number of ether oxygens (including phenoxy) is 1. The molecule has 2 aromatic carbocycles. The van der Waals surface area contributed by atoms with Crippen LogP contribution in [0.1, 0.15) is 34.3 Å². The molecule has 0 aromatic heterocycles. The van der Waals surface area contributed by atoms with Crippen LogP contribution in [0.25, 0.3) is 0 Å². The second-order valence-electron chi connectivity index (χ2n) is 5.11. The van der Waals surface area contributed by atoms with Crippen molar-refractivity contribution in [3.8, 4) is 5.75 Å². The van der Waals surface area contributed by atoms with Gasteiger partial charge in [0.1, 0.15) is 5.75 Å². The van der Waals surface area contributed by atoms with Gasteiger partial charge in [-0.05, 0) is 43.5 Å². The molecule has 3 heteroatoms. The summed E-state index contributed by atoms with van der Waals surface area (Å²) in [6.45, 7) is 1.89. The maximum atomic E-state index is 12.5. The fourth-order valence-corrected chi connectivity index (χ4v) is 2.28. The maximum Gasteiger partial charge on any atom is 0.194 e. The molecule has 0 saturated heterocycles. The first kappa shape index (κ1) is 13.2. The number of carbonyl (C=O) groups is 1. The van der Waals surface area contributed by atoms with E-state index in [2.05, 4.69) is 0 Å². The lowest BCUT2D eigenvalue weighted by molar-refractivity contribution is 0.103. The molecule has 0 amide bonds. The second-order valence-corrected chi connectivity index (χ2v) is 5.49. The molecule has 102 valence electrons. The number of carbonyl (C=O) groups excluding carboxylic acids is 1. The van der Waals surface area contributed by atoms with E-state index in [0.29, 0.717) is 22.3 Å². The van der Waals surface area contributed by atoms with Crippen molar-refractivity contribution < 1.29 is 9.53 Å². The minimum absolute atomic E-state index is 0.0695. The predicted molar refractivity (Wildman–Crippen MR) is 79.7 cm³/mol. The number of halogens is 1. The summed E-state index contributed by atoms with van der Waals surface area (Å²) in [6.07, 6.45) is 2.52. The molecule has 1 aliphatic carbocycles. The van der Waals surface area contributed by atoms with Crippen molar-refractivity contribution in [2.75, 3.05) is 0 Å². The van der Waals surface area contributed by atoms with Gasteiger partial charge in [-0.1, -0.05) is 35.9 Å². The van der Waals surface area contributed by atoms with E-state index in [0.717, 1.165) is 24.2 Å². The van der Waals surface area contributed by atoms with E-state index in [9.17, 15) is 4.79 Å². The average Bonchev–Trinajstić information content (AvgIpc) is 3.25. The van der Waals surface area contributed by atoms with Gasteiger partial charge in [0.25, 0.3) is 0 Å². The molecule has 20 heavy (non-hydrogen) atoms. The van der Waals surface area contributed by atoms with Gasteiger partial charge in [0.2, 0.25) is 0 Å². The molecular weight excluding hydrogens is 272 g/mol. The van der Waals surface area contributed by atoms with E-state index in [1.54, 1.807) is 18.2 Å². The van der Waals surface area contributed by atoms with Gasteiger partial charge < -0.3 is 4.74 Å². The molecule has 1 aliphatic rings. The molecule has 0 unspecified atom stereocenters. The zero-order valence-electron chi connectivity index (χ0n) is 11.2. The van der Waals surface area contributed by atoms with Gasteiger partial charge in [-0.2, -0.15) is 0 Å². The highest BCUT2D eigenvalue weighted by molar-refractivity contribution is 6.35. The molecule has 1 fully saturated rings. The quantitative estimate of drug-likeness (QED) is 0.778. The van der Waals surface area contributed by atoms with Gasteiger partial charge in [-0.15, -0.1) is 0 Å². The van der Waals surface area contributed by atoms with Gasteiger partial charge in [-0.25, -0.2) is 0 Å². The zero-order valence-corrected chi connectivity index (χ0v) is 12.0. The lowest BCUT2D eigenvalue weighted by Gasteiger charge is -2.08. The van der Waals surface area contributed by atoms with E-state index < -0.39 is 0 Å². The molecular formula is C17H15ClO2. The van der Waals surface area contributed by atoms with Crippen molar-refractivity contribution in [3.05, 3.63) is 64.2 Å². The van der Waals surface area contributed by atoms with E-state index in [1.807, 2.05) is 31.2 Å². The zero-order chi connectivity index (χ0) is 14.1. The van der Waals surface area contributed by atoms with Crippen LogP contribution in [-0.4, -0.2) is 11.9 Å². The largest absolute Gasteiger partial charge is 0.490 e. The van der Waals surface area contributed by atoms with Gasteiger partial charge in [-0.3, -0.25) is 4.79 Å². The lowest BCUT2D eigenvalue weighted by Crippen LogP contribution is -2.04. The normalized spacial score (nSPS) is 14.1. The Bertz CT molecular complexity index is 660. The van der Waals surface area contributed by atoms with Gasteiger partial charge in [0, 0.05) is 11.1 Å². The van der Waals surface area contributed by atoms with Gasteiger partial charge in [0.05, 0.1) is 11.1 Å². The predicted octanol–water partition coefficient (Wildman–Crippen LogP) is 4.42. The molecule has 0 N–H and O–H groups in total. The number of aryl methyl sites for hydroxylation is 1. The van der Waals surface area contributed by atoms with Crippen LogP contribution < -0.4 is 4.74 Å². The Morgan fingerprint density at radius 1 is 1.20 bits per heavy atom. The smallest absolute Gasteiger partial charge is 0.194 e. The minimum Gasteiger partial charge on any atom is -0.490 e. The van der Waals surface area contributed by atoms with E-state index in [1.165, 1.54) is 0 Å². The second kappa shape index (κ2) is 5.29. The maximum absolute atomic E-state index is 12.5. The van der Waals surface area contributed by atoms with Crippen LogP contribution in [0, 0.1) is 6.92 Å². The van der Waals surface area contributed by atoms with Gasteiger partial charge >= 0.3 is 0 Å². The van der Waals surface area contributed by atoms with Crippen LogP contribution in [0.2, 0.25) is 5.02 Å². The van der Waals surface area contributed by atoms with Crippen molar-refractivity contribution >= 4 is 17.4 Å². The molecule has 0 atom stereocenters. The third-order valence-electron chi connectivity index (χ3n) is 3.36. The molecule has 0 heterocycles. The fraction of sp³-hybridized carbons (Fsp3) is 0.235. The van der Waals surface area contributed by atoms with Gasteiger partial charge in [0.15, 0.2) is 5.78 Å². The molecule has 3 rings (SSSR count). The summed E-state index contributed by atoms with van der Waals surface area (Å²) >= 11 is 6.22. The first-order valence-electron chi connectivity index (χ1n) is 6.71. The molecule has 0 radical (unpaired) electrons. The Morgan fingerprint density at radius 3 is 2.70 bits per heavy atom. The topological polar surface area (TPSA) is 26.3 Å². The molecule has 0 spiro atoms. The Labute approximate surface area is 123 Å². The van der Waals surface area contributed by atoms with Crippen LogP contribution in [-0.2, 0) is 0 Å². The van der Waals surface area contributed by atoms with Crippen molar-refractivity contribution in [2.45, 2.75) is 25.9 Å². The Balaban J connectivity index is 1.91. The SMILES string of the molecule is Cc1cccc(C(=O)c2cccc(OC3CC3)c2)c1Cl. The molecule has 0 bridgehead atoms. The number of hydrogen-bond acceptors (Lipinski definition) is 2. The summed E-state index contributed by atoms with van der Waals surface area (Å²) in [6, 6.07) is 12.8. The summed E-state index contributed by atoms with van der Waals surface area (Å²) < 4.78 is 5.72. The first-order valence-corrected chi connectivity index (χ1v) is 7.09. The number of rotatable bonds is 4. The highest BCUT2D eigenvalue weighted by atomic mass is 35.5. The highest BCUT2D eigenvalue weighted by Crippen LogP contribution is 2.28. The van der Waals surface area contributed by atoms with Crippen molar-refractivity contribution in [2.24, 2.45) is 0 Å². The van der Waals surface area contributed by atoms with Crippen LogP contribution in [0.15, 0.2) is 42.5 Å². The highest BCUT2D eigenvalue weighted by Gasteiger charge is 2.24. The van der Waals surface area contributed by atoms with Crippen molar-refractivity contribution in [1.82, 2.24) is 0 Å². The molecule has 0 aliphatic heterocycles. The summed E-state index contributed by atoms with van der Waals surface area (Å²) in [5.41, 5.74) is 2.05. The fourth-order valence-electron chi connectivity index (χ4n) is 2.07. The lowest BCUT2D eigenvalue weighted by atomic mass is 10.0. The Morgan fingerprint density at radius 2 is 1.95 bits per heavy atom. The monoisotopic (exact) mass is 286 g/mol. The van der Waals surface area contributed by atoms with Crippen molar-refractivity contribution in [1.29, 1.82) is 0 Å². The number of ketones is 1. The van der Waals surface area contributed by atoms with Crippen molar-refractivity contribution in [3.63, 3.8) is 0 Å². The third kappa shape index (κ3) is 2.70. The summed E-state index contributed by atoms with van der Waals surface area (Å²) in [5, 5.41) is 0.519. The van der Waals surface area contributed by atoms with E-state index in [4.69, 9.17) is 16.3 Å². The standard InChI is InChI=1S/C17H15ClO2/c1-11-4-2-7-15(16(11)18)17(19)12-5-3-6-14(10-12)20-13-8-9-13/h2-7,10,13H,8-9H2,1H3. The Kier molecular flexibility index (Phi) is 3.49. The number of benzene rings is 2. The van der Waals surface area contributed by atoms with E-state index in [-0.39, 0.29) is 5.78 Å². The van der Waals surface area contributed by atoms with Crippen LogP contribution in [0.5, 0.6) is 5.75 Å². The van der Waals surface area contributed by atoms with Crippen LogP contribution in [0.4, 0.5) is 0 Å². The summed E-state index contributed by atoms with van der Waals surface area (Å²) in [5.74, 6) is 0.682. The average molecular weight is 287 g/mol. The van der Waals surface area contributed by atoms with E-state index >= 15 is 0 Å². The minimum atomic E-state index is -0.0695. The van der Waals surface area contributed by atoms with Crippen LogP contribution >= 0.6 is 11.6 Å². The Hall–Kier alpha value is -1.80. The summed E-state index contributed by atoms with van der Waals surface area (Å²) in [4.78, 5) is 12.5. The molecule has 2 nitrogen and oxygen atoms in total. The molecule has 2 aromatic rings. The van der Waals surface area contributed by atoms with Crippen LogP contribution in [0.3, 0.4) is 0 Å². The number of hydrogen-bond donors (Lipinski definition) is 0. The summed E-state index contributed by atoms with van der Waals surface area (Å²) in [7, 11) is 0. The molecule has 1 saturated carbocycles. The third-order valence-corrected chi connectivity index (χ3v) is 3.86.